The molecular weight excluding hydrogens is 459 g/mol. The van der Waals surface area contributed by atoms with Gasteiger partial charge in [0.1, 0.15) is 17.9 Å². The SMILES string of the molecule is CN[C@@H](C)C(=O)N[C@H](C(=O)N1Cc2c[c]ccc2C[C@H]1C(=O)N[C@H](C)c1ccccc1F)C(C)(C)C. The zero-order valence-corrected chi connectivity index (χ0v) is 21.8. The molecule has 2 aromatic rings. The molecule has 0 saturated carbocycles. The van der Waals surface area contributed by atoms with Gasteiger partial charge in [0.2, 0.25) is 17.7 Å². The van der Waals surface area contributed by atoms with Gasteiger partial charge in [-0.1, -0.05) is 51.1 Å². The lowest BCUT2D eigenvalue weighted by Crippen LogP contribution is -2.62. The lowest BCUT2D eigenvalue weighted by atomic mass is 9.84. The van der Waals surface area contributed by atoms with Crippen LogP contribution in [-0.2, 0) is 27.3 Å². The van der Waals surface area contributed by atoms with Crippen LogP contribution >= 0.6 is 0 Å². The van der Waals surface area contributed by atoms with Crippen molar-refractivity contribution in [1.29, 1.82) is 0 Å². The number of amides is 3. The van der Waals surface area contributed by atoms with Crippen LogP contribution in [-0.4, -0.2) is 47.8 Å². The molecular formula is C28H36FN4O3. The average molecular weight is 496 g/mol. The number of nitrogens with one attached hydrogen (secondary N) is 3. The Balaban J connectivity index is 1.92. The zero-order chi connectivity index (χ0) is 26.6. The van der Waals surface area contributed by atoms with Gasteiger partial charge in [-0.2, -0.15) is 0 Å². The number of carbonyl (C=O) groups is 3. The molecule has 0 aliphatic carbocycles. The second-order valence-corrected chi connectivity index (χ2v) is 10.5. The minimum absolute atomic E-state index is 0.210. The Morgan fingerprint density at radius 1 is 1.08 bits per heavy atom. The van der Waals surface area contributed by atoms with Crippen molar-refractivity contribution in [2.24, 2.45) is 5.41 Å². The summed E-state index contributed by atoms with van der Waals surface area (Å²) in [6, 6.07) is 12.1. The van der Waals surface area contributed by atoms with Crippen LogP contribution in [0.25, 0.3) is 0 Å². The quantitative estimate of drug-likeness (QED) is 0.551. The molecule has 0 fully saturated rings. The van der Waals surface area contributed by atoms with Gasteiger partial charge in [-0.15, -0.1) is 0 Å². The van der Waals surface area contributed by atoms with E-state index < -0.39 is 35.4 Å². The van der Waals surface area contributed by atoms with Crippen molar-refractivity contribution in [3.8, 4) is 0 Å². The summed E-state index contributed by atoms with van der Waals surface area (Å²) in [7, 11) is 1.67. The Kier molecular flexibility index (Phi) is 8.51. The molecule has 4 atom stereocenters. The van der Waals surface area contributed by atoms with Crippen LogP contribution in [0.2, 0.25) is 0 Å². The molecule has 36 heavy (non-hydrogen) atoms. The summed E-state index contributed by atoms with van der Waals surface area (Å²) < 4.78 is 14.3. The summed E-state index contributed by atoms with van der Waals surface area (Å²) in [5, 5.41) is 8.66. The Morgan fingerprint density at radius 3 is 2.42 bits per heavy atom. The van der Waals surface area contributed by atoms with Gasteiger partial charge in [0.15, 0.2) is 0 Å². The molecule has 8 heteroatoms. The van der Waals surface area contributed by atoms with Gasteiger partial charge >= 0.3 is 0 Å². The molecule has 193 valence electrons. The molecule has 1 radical (unpaired) electrons. The zero-order valence-electron chi connectivity index (χ0n) is 21.8. The Hall–Kier alpha value is -3.26. The summed E-state index contributed by atoms with van der Waals surface area (Å²) in [6.07, 6.45) is 0.309. The lowest BCUT2D eigenvalue weighted by Gasteiger charge is -2.41. The summed E-state index contributed by atoms with van der Waals surface area (Å²) in [5.41, 5.74) is 1.62. The van der Waals surface area contributed by atoms with E-state index in [0.717, 1.165) is 11.1 Å². The van der Waals surface area contributed by atoms with E-state index in [9.17, 15) is 18.8 Å². The number of rotatable bonds is 7. The van der Waals surface area contributed by atoms with Crippen LogP contribution in [0.1, 0.15) is 57.4 Å². The fraction of sp³-hybridized carbons (Fsp3) is 0.464. The lowest BCUT2D eigenvalue weighted by molar-refractivity contribution is -0.147. The van der Waals surface area contributed by atoms with Crippen molar-refractivity contribution < 1.29 is 18.8 Å². The van der Waals surface area contributed by atoms with E-state index in [1.165, 1.54) is 11.0 Å². The summed E-state index contributed by atoms with van der Waals surface area (Å²) in [6.45, 7) is 9.27. The smallest absolute Gasteiger partial charge is 0.246 e. The standard InChI is InChI=1S/C28H36FN4O3/c1-17(21-13-9-10-14-22(21)29)31-26(35)23-15-19-11-7-8-12-20(19)16-33(23)27(36)24(28(3,4)5)32-25(34)18(2)30-6/h7,9-14,17-18,23-24,30H,15-16H2,1-6H3,(H,31,35)(H,32,34)/t17-,18+,23+,24-/m1/s1. The van der Waals surface area contributed by atoms with Gasteiger partial charge in [0.05, 0.1) is 12.1 Å². The molecule has 0 spiro atoms. The second-order valence-electron chi connectivity index (χ2n) is 10.5. The van der Waals surface area contributed by atoms with E-state index in [-0.39, 0.29) is 24.3 Å². The molecule has 1 aliphatic heterocycles. The normalized spacial score (nSPS) is 18.0. The van der Waals surface area contributed by atoms with Crippen LogP contribution in [0.4, 0.5) is 4.39 Å². The minimum atomic E-state index is -0.852. The molecule has 7 nitrogen and oxygen atoms in total. The first kappa shape index (κ1) is 27.3. The number of halogens is 1. The van der Waals surface area contributed by atoms with E-state index in [0.29, 0.717) is 12.0 Å². The van der Waals surface area contributed by atoms with Crippen LogP contribution in [0.5, 0.6) is 0 Å². The van der Waals surface area contributed by atoms with Crippen molar-refractivity contribution in [3.05, 3.63) is 71.0 Å². The van der Waals surface area contributed by atoms with Crippen molar-refractivity contribution in [3.63, 3.8) is 0 Å². The van der Waals surface area contributed by atoms with Crippen LogP contribution in [0.15, 0.2) is 42.5 Å². The van der Waals surface area contributed by atoms with E-state index in [4.69, 9.17) is 0 Å². The molecule has 1 aliphatic rings. The molecule has 0 aromatic heterocycles. The van der Waals surface area contributed by atoms with Gasteiger partial charge in [0.25, 0.3) is 0 Å². The predicted octanol–water partition coefficient (Wildman–Crippen LogP) is 2.90. The molecule has 0 bridgehead atoms. The third-order valence-corrected chi connectivity index (χ3v) is 6.72. The number of hydrogen-bond acceptors (Lipinski definition) is 4. The second kappa shape index (κ2) is 11.2. The van der Waals surface area contributed by atoms with Crippen LogP contribution < -0.4 is 16.0 Å². The van der Waals surface area contributed by atoms with Crippen LogP contribution in [0.3, 0.4) is 0 Å². The van der Waals surface area contributed by atoms with E-state index >= 15 is 0 Å². The molecule has 1 heterocycles. The Labute approximate surface area is 212 Å². The third kappa shape index (κ3) is 6.10. The summed E-state index contributed by atoms with van der Waals surface area (Å²) >= 11 is 0. The third-order valence-electron chi connectivity index (χ3n) is 6.72. The van der Waals surface area contributed by atoms with Crippen LogP contribution in [0, 0.1) is 17.3 Å². The van der Waals surface area contributed by atoms with Gasteiger partial charge < -0.3 is 20.9 Å². The molecule has 0 unspecified atom stereocenters. The fourth-order valence-electron chi connectivity index (χ4n) is 4.35. The number of hydrogen-bond donors (Lipinski definition) is 3. The maximum atomic E-state index is 14.3. The topological polar surface area (TPSA) is 90.5 Å². The highest BCUT2D eigenvalue weighted by Gasteiger charge is 2.42. The maximum absolute atomic E-state index is 14.3. The van der Waals surface area contributed by atoms with E-state index in [1.54, 1.807) is 45.2 Å². The number of nitrogens with zero attached hydrogens (tertiary/aromatic N) is 1. The number of likely N-dealkylation sites (N-methyl/N-ethyl adjacent to an activating group) is 1. The van der Waals surface area contributed by atoms with Crippen molar-refractivity contribution in [2.75, 3.05) is 7.05 Å². The highest BCUT2D eigenvalue weighted by Crippen LogP contribution is 2.29. The van der Waals surface area contributed by atoms with Gasteiger partial charge in [-0.05, 0) is 55.6 Å². The van der Waals surface area contributed by atoms with E-state index in [2.05, 4.69) is 22.0 Å². The first-order valence-electron chi connectivity index (χ1n) is 12.2. The first-order valence-corrected chi connectivity index (χ1v) is 12.2. The number of fused-ring (bicyclic) bond motifs is 1. The minimum Gasteiger partial charge on any atom is -0.348 e. The largest absolute Gasteiger partial charge is 0.348 e. The van der Waals surface area contributed by atoms with Gasteiger partial charge in [-0.3, -0.25) is 14.4 Å². The van der Waals surface area contributed by atoms with Gasteiger partial charge in [0, 0.05) is 18.5 Å². The van der Waals surface area contributed by atoms with Crippen molar-refractivity contribution in [1.82, 2.24) is 20.9 Å². The highest BCUT2D eigenvalue weighted by atomic mass is 19.1. The summed E-state index contributed by atoms with van der Waals surface area (Å²) in [4.78, 5) is 41.7. The first-order chi connectivity index (χ1) is 16.9. The molecule has 3 amide bonds. The Morgan fingerprint density at radius 2 is 1.78 bits per heavy atom. The molecule has 3 N–H and O–H groups in total. The molecule has 3 rings (SSSR count). The highest BCUT2D eigenvalue weighted by molar-refractivity contribution is 5.94. The molecule has 2 aromatic carbocycles. The maximum Gasteiger partial charge on any atom is 0.246 e. The monoisotopic (exact) mass is 495 g/mol. The van der Waals surface area contributed by atoms with Crippen molar-refractivity contribution >= 4 is 17.7 Å². The predicted molar refractivity (Wildman–Crippen MR) is 136 cm³/mol. The van der Waals surface area contributed by atoms with E-state index in [1.807, 2.05) is 32.9 Å². The fourth-order valence-corrected chi connectivity index (χ4v) is 4.35. The van der Waals surface area contributed by atoms with Crippen molar-refractivity contribution in [2.45, 2.75) is 71.8 Å². The number of benzene rings is 2. The molecule has 0 saturated heterocycles. The Bertz CT molecular complexity index is 1110. The summed E-state index contributed by atoms with van der Waals surface area (Å²) in [5.74, 6) is -1.42. The number of carbonyl (C=O) groups excluding carboxylic acids is 3. The van der Waals surface area contributed by atoms with Gasteiger partial charge in [-0.25, -0.2) is 4.39 Å². The average Bonchev–Trinajstić information content (AvgIpc) is 2.84.